The van der Waals surface area contributed by atoms with Crippen LogP contribution in [0.4, 0.5) is 0 Å². The Bertz CT molecular complexity index is 489. The Kier molecular flexibility index (Phi) is 4.37. The summed E-state index contributed by atoms with van der Waals surface area (Å²) in [5.41, 5.74) is 2.52. The minimum atomic E-state index is 0.395. The molecule has 2 heterocycles. The molecular formula is C15H23N3. The van der Waals surface area contributed by atoms with Crippen molar-refractivity contribution in [2.24, 2.45) is 5.92 Å². The van der Waals surface area contributed by atoms with E-state index in [1.165, 1.54) is 30.3 Å². The highest BCUT2D eigenvalue weighted by Crippen LogP contribution is 2.26. The van der Waals surface area contributed by atoms with Crippen molar-refractivity contribution in [3.63, 3.8) is 0 Å². The molecule has 0 aliphatic rings. The summed E-state index contributed by atoms with van der Waals surface area (Å²) in [6.07, 6.45) is 7.71. The van der Waals surface area contributed by atoms with Gasteiger partial charge in [-0.3, -0.25) is 0 Å². The highest BCUT2D eigenvalue weighted by Gasteiger charge is 2.17. The fourth-order valence-electron chi connectivity index (χ4n) is 2.64. The normalized spacial score (nSPS) is 14.8. The van der Waals surface area contributed by atoms with Gasteiger partial charge in [0.15, 0.2) is 0 Å². The van der Waals surface area contributed by atoms with E-state index in [9.17, 15) is 0 Å². The molecule has 1 N–H and O–H groups in total. The molecule has 0 fully saturated rings. The summed E-state index contributed by atoms with van der Waals surface area (Å²) in [6.45, 7) is 4.58. The van der Waals surface area contributed by atoms with E-state index in [2.05, 4.69) is 36.4 Å². The van der Waals surface area contributed by atoms with Gasteiger partial charge >= 0.3 is 0 Å². The lowest BCUT2D eigenvalue weighted by Gasteiger charge is -2.19. The number of nitrogens with zero attached hydrogens (tertiary/aromatic N) is 2. The van der Waals surface area contributed by atoms with Crippen LogP contribution in [0, 0.1) is 5.92 Å². The van der Waals surface area contributed by atoms with Crippen LogP contribution in [0.1, 0.15) is 44.7 Å². The van der Waals surface area contributed by atoms with Crippen LogP contribution in [-0.4, -0.2) is 16.7 Å². The van der Waals surface area contributed by atoms with Gasteiger partial charge in [-0.2, -0.15) is 5.10 Å². The minimum Gasteiger partial charge on any atom is -0.313 e. The number of hydrogen-bond donors (Lipinski definition) is 1. The van der Waals surface area contributed by atoms with E-state index in [1.54, 1.807) is 0 Å². The average Bonchev–Trinajstić information content (AvgIpc) is 2.80. The molecular weight excluding hydrogens is 222 g/mol. The molecule has 0 saturated carbocycles. The largest absolute Gasteiger partial charge is 0.313 e. The van der Waals surface area contributed by atoms with Crippen molar-refractivity contribution in [1.82, 2.24) is 14.9 Å². The quantitative estimate of drug-likeness (QED) is 0.845. The van der Waals surface area contributed by atoms with Gasteiger partial charge in [0.1, 0.15) is 0 Å². The highest BCUT2D eigenvalue weighted by atomic mass is 15.2. The fourth-order valence-corrected chi connectivity index (χ4v) is 2.64. The standard InChI is InChI=1S/C15H23N3/c1-4-7-12(2)10-14(16-3)13-11-17-18-9-6-5-8-15(13)18/h5-6,8-9,11-12,14,16H,4,7,10H2,1-3H3. The maximum Gasteiger partial charge on any atom is 0.0709 e. The zero-order valence-electron chi connectivity index (χ0n) is 11.6. The van der Waals surface area contributed by atoms with Gasteiger partial charge < -0.3 is 5.32 Å². The lowest BCUT2D eigenvalue weighted by atomic mass is 9.93. The monoisotopic (exact) mass is 245 g/mol. The molecule has 2 aromatic heterocycles. The highest BCUT2D eigenvalue weighted by molar-refractivity contribution is 5.54. The van der Waals surface area contributed by atoms with Gasteiger partial charge in [0, 0.05) is 17.8 Å². The number of fused-ring (bicyclic) bond motifs is 1. The van der Waals surface area contributed by atoms with Gasteiger partial charge in [0.05, 0.1) is 11.7 Å². The van der Waals surface area contributed by atoms with Crippen molar-refractivity contribution in [3.05, 3.63) is 36.2 Å². The molecule has 0 aliphatic heterocycles. The Morgan fingerprint density at radius 3 is 2.94 bits per heavy atom. The van der Waals surface area contributed by atoms with Crippen molar-refractivity contribution >= 4 is 5.52 Å². The van der Waals surface area contributed by atoms with Crippen LogP contribution in [0.3, 0.4) is 0 Å². The molecule has 3 heteroatoms. The predicted molar refractivity (Wildman–Crippen MR) is 75.7 cm³/mol. The zero-order valence-corrected chi connectivity index (χ0v) is 11.6. The molecule has 0 saturated heterocycles. The summed E-state index contributed by atoms with van der Waals surface area (Å²) >= 11 is 0. The number of hydrogen-bond acceptors (Lipinski definition) is 2. The lowest BCUT2D eigenvalue weighted by Crippen LogP contribution is -2.19. The summed E-state index contributed by atoms with van der Waals surface area (Å²) in [5, 5.41) is 7.85. The first-order chi connectivity index (χ1) is 8.76. The minimum absolute atomic E-state index is 0.395. The first-order valence-corrected chi connectivity index (χ1v) is 6.85. The first kappa shape index (κ1) is 13.1. The molecule has 2 atom stereocenters. The smallest absolute Gasteiger partial charge is 0.0709 e. The van der Waals surface area contributed by atoms with Crippen LogP contribution in [0.15, 0.2) is 30.6 Å². The molecule has 0 spiro atoms. The Balaban J connectivity index is 2.21. The van der Waals surface area contributed by atoms with E-state index >= 15 is 0 Å². The topological polar surface area (TPSA) is 29.3 Å². The Hall–Kier alpha value is -1.35. The van der Waals surface area contributed by atoms with Crippen LogP contribution in [0.5, 0.6) is 0 Å². The van der Waals surface area contributed by atoms with Gasteiger partial charge in [-0.15, -0.1) is 0 Å². The molecule has 0 aromatic carbocycles. The number of pyridine rings is 1. The van der Waals surface area contributed by atoms with Gasteiger partial charge in [-0.05, 0) is 31.5 Å². The SMILES string of the molecule is CCCC(C)CC(NC)c1cnn2ccccc12. The van der Waals surface area contributed by atoms with E-state index in [1.807, 2.05) is 30.0 Å². The molecule has 18 heavy (non-hydrogen) atoms. The summed E-state index contributed by atoms with van der Waals surface area (Å²) in [4.78, 5) is 0. The van der Waals surface area contributed by atoms with E-state index in [4.69, 9.17) is 0 Å². The van der Waals surface area contributed by atoms with Crippen molar-refractivity contribution in [1.29, 1.82) is 0 Å². The lowest BCUT2D eigenvalue weighted by molar-refractivity contribution is 0.408. The number of aromatic nitrogens is 2. The molecule has 3 nitrogen and oxygen atoms in total. The summed E-state index contributed by atoms with van der Waals surface area (Å²) in [6, 6.07) is 6.61. The molecule has 2 rings (SSSR count). The van der Waals surface area contributed by atoms with Crippen LogP contribution in [-0.2, 0) is 0 Å². The van der Waals surface area contributed by atoms with E-state index < -0.39 is 0 Å². The fraction of sp³-hybridized carbons (Fsp3) is 0.533. The molecule has 0 amide bonds. The summed E-state index contributed by atoms with van der Waals surface area (Å²) in [7, 11) is 2.04. The molecule has 0 aliphatic carbocycles. The van der Waals surface area contributed by atoms with E-state index in [0.717, 1.165) is 5.92 Å². The molecule has 2 unspecified atom stereocenters. The second kappa shape index (κ2) is 6.01. The second-order valence-corrected chi connectivity index (χ2v) is 5.10. The Labute approximate surface area is 109 Å². The second-order valence-electron chi connectivity index (χ2n) is 5.10. The molecule has 98 valence electrons. The van der Waals surface area contributed by atoms with Crippen LogP contribution in [0.25, 0.3) is 5.52 Å². The third-order valence-corrected chi connectivity index (χ3v) is 3.60. The summed E-state index contributed by atoms with van der Waals surface area (Å²) in [5.74, 6) is 0.742. The Morgan fingerprint density at radius 1 is 1.39 bits per heavy atom. The zero-order chi connectivity index (χ0) is 13.0. The van der Waals surface area contributed by atoms with E-state index in [0.29, 0.717) is 6.04 Å². The summed E-state index contributed by atoms with van der Waals surface area (Å²) < 4.78 is 1.95. The molecule has 0 radical (unpaired) electrons. The van der Waals surface area contributed by atoms with Gasteiger partial charge in [-0.25, -0.2) is 4.52 Å². The number of rotatable bonds is 6. The van der Waals surface area contributed by atoms with Gasteiger partial charge in [0.2, 0.25) is 0 Å². The first-order valence-electron chi connectivity index (χ1n) is 6.85. The maximum absolute atomic E-state index is 4.42. The van der Waals surface area contributed by atoms with Crippen LogP contribution >= 0.6 is 0 Å². The van der Waals surface area contributed by atoms with Gasteiger partial charge in [0.25, 0.3) is 0 Å². The van der Waals surface area contributed by atoms with Crippen molar-refractivity contribution in [2.75, 3.05) is 7.05 Å². The Morgan fingerprint density at radius 2 is 2.22 bits per heavy atom. The predicted octanol–water partition coefficient (Wildman–Crippen LogP) is 3.42. The van der Waals surface area contributed by atoms with E-state index in [-0.39, 0.29) is 0 Å². The molecule has 0 bridgehead atoms. The van der Waals surface area contributed by atoms with Crippen LogP contribution in [0.2, 0.25) is 0 Å². The van der Waals surface area contributed by atoms with Crippen molar-refractivity contribution in [3.8, 4) is 0 Å². The van der Waals surface area contributed by atoms with Crippen LogP contribution < -0.4 is 5.32 Å². The third kappa shape index (κ3) is 2.72. The number of nitrogens with one attached hydrogen (secondary N) is 1. The maximum atomic E-state index is 4.42. The van der Waals surface area contributed by atoms with Gasteiger partial charge in [-0.1, -0.05) is 32.8 Å². The van der Waals surface area contributed by atoms with Crippen molar-refractivity contribution in [2.45, 2.75) is 39.2 Å². The third-order valence-electron chi connectivity index (χ3n) is 3.60. The molecule has 2 aromatic rings. The van der Waals surface area contributed by atoms with Crippen molar-refractivity contribution < 1.29 is 0 Å². The average molecular weight is 245 g/mol.